The molecule has 9 nitrogen and oxygen atoms in total. The molecule has 1 unspecified atom stereocenters. The fourth-order valence-electron chi connectivity index (χ4n) is 4.80. The molecule has 0 saturated carbocycles. The summed E-state index contributed by atoms with van der Waals surface area (Å²) in [5, 5.41) is 16.5. The van der Waals surface area contributed by atoms with Gasteiger partial charge in [0.15, 0.2) is 5.69 Å². The number of methoxy groups -OCH3 is 1. The van der Waals surface area contributed by atoms with Crippen molar-refractivity contribution in [1.29, 1.82) is 0 Å². The average Bonchev–Trinajstić information content (AvgIpc) is 3.46. The van der Waals surface area contributed by atoms with Crippen LogP contribution in [-0.4, -0.2) is 52.7 Å². The molecule has 0 saturated heterocycles. The van der Waals surface area contributed by atoms with Crippen molar-refractivity contribution >= 4 is 29.6 Å². The monoisotopic (exact) mass is 545 g/mol. The highest BCUT2D eigenvalue weighted by Crippen LogP contribution is 2.44. The van der Waals surface area contributed by atoms with Crippen LogP contribution in [0, 0.1) is 0 Å². The van der Waals surface area contributed by atoms with Gasteiger partial charge in [-0.05, 0) is 34.4 Å². The molecule has 1 aliphatic rings. The second-order valence-corrected chi connectivity index (χ2v) is 9.28. The van der Waals surface area contributed by atoms with Crippen molar-refractivity contribution in [2.75, 3.05) is 13.7 Å². The van der Waals surface area contributed by atoms with Crippen molar-refractivity contribution in [2.24, 2.45) is 0 Å². The van der Waals surface area contributed by atoms with Crippen molar-refractivity contribution in [3.8, 4) is 16.8 Å². The van der Waals surface area contributed by atoms with Crippen LogP contribution < -0.4 is 5.32 Å². The van der Waals surface area contributed by atoms with Crippen LogP contribution >= 0.6 is 11.6 Å². The molecule has 1 aliphatic carbocycles. The first-order valence-corrected chi connectivity index (χ1v) is 12.5. The molecular formula is C29H24ClN3O6. The number of para-hydroxylation sites is 1. The zero-order valence-corrected chi connectivity index (χ0v) is 21.6. The lowest BCUT2D eigenvalue weighted by atomic mass is 9.98. The number of ether oxygens (including phenoxy) is 2. The molecule has 3 aromatic carbocycles. The first kappa shape index (κ1) is 26.0. The van der Waals surface area contributed by atoms with Gasteiger partial charge in [-0.15, -0.1) is 0 Å². The fourth-order valence-corrected chi connectivity index (χ4v) is 5.10. The lowest BCUT2D eigenvalue weighted by Crippen LogP contribution is -2.43. The van der Waals surface area contributed by atoms with Gasteiger partial charge in [0, 0.05) is 17.9 Å². The smallest absolute Gasteiger partial charge is 0.407 e. The Morgan fingerprint density at radius 3 is 2.15 bits per heavy atom. The number of amides is 1. The van der Waals surface area contributed by atoms with E-state index in [2.05, 4.69) is 10.4 Å². The normalized spacial score (nSPS) is 12.8. The maximum atomic E-state index is 12.8. The minimum absolute atomic E-state index is 0.0201. The number of aromatic nitrogens is 2. The Morgan fingerprint density at radius 1 is 0.974 bits per heavy atom. The quantitative estimate of drug-likeness (QED) is 0.304. The number of hydrogen-bond acceptors (Lipinski definition) is 6. The molecule has 39 heavy (non-hydrogen) atoms. The maximum Gasteiger partial charge on any atom is 0.407 e. The van der Waals surface area contributed by atoms with E-state index in [1.54, 1.807) is 24.3 Å². The van der Waals surface area contributed by atoms with E-state index in [9.17, 15) is 19.5 Å². The number of benzene rings is 3. The Balaban J connectivity index is 1.34. The molecule has 0 fully saturated rings. The van der Waals surface area contributed by atoms with Crippen molar-refractivity contribution < 1.29 is 29.0 Å². The number of esters is 1. The predicted molar refractivity (Wildman–Crippen MR) is 143 cm³/mol. The molecule has 2 N–H and O–H groups in total. The fraction of sp³-hybridized carbons (Fsp3) is 0.172. The number of fused-ring (bicyclic) bond motifs is 3. The highest BCUT2D eigenvalue weighted by atomic mass is 35.5. The van der Waals surface area contributed by atoms with Gasteiger partial charge in [0.2, 0.25) is 0 Å². The largest absolute Gasteiger partial charge is 0.480 e. The van der Waals surface area contributed by atoms with Gasteiger partial charge in [0.05, 0.1) is 12.8 Å². The summed E-state index contributed by atoms with van der Waals surface area (Å²) in [5.41, 5.74) is 4.76. The lowest BCUT2D eigenvalue weighted by Gasteiger charge is -2.17. The Kier molecular flexibility index (Phi) is 7.33. The van der Waals surface area contributed by atoms with Crippen LogP contribution in [0.4, 0.5) is 4.79 Å². The number of rotatable bonds is 8. The zero-order chi connectivity index (χ0) is 27.5. The number of hydrogen-bond donors (Lipinski definition) is 2. The summed E-state index contributed by atoms with van der Waals surface area (Å²) in [7, 11) is 1.19. The Morgan fingerprint density at radius 2 is 1.56 bits per heavy atom. The molecule has 0 spiro atoms. The van der Waals surface area contributed by atoms with E-state index in [1.165, 1.54) is 11.8 Å². The van der Waals surface area contributed by atoms with Gasteiger partial charge in [-0.25, -0.2) is 19.1 Å². The lowest BCUT2D eigenvalue weighted by molar-refractivity contribution is -0.139. The van der Waals surface area contributed by atoms with Gasteiger partial charge < -0.3 is 19.9 Å². The van der Waals surface area contributed by atoms with E-state index in [1.807, 2.05) is 54.6 Å². The number of nitrogens with zero attached hydrogens (tertiary/aromatic N) is 2. The van der Waals surface area contributed by atoms with Crippen LogP contribution in [0.15, 0.2) is 78.9 Å². The third kappa shape index (κ3) is 5.08. The summed E-state index contributed by atoms with van der Waals surface area (Å²) in [6.07, 6.45) is -1.23. The summed E-state index contributed by atoms with van der Waals surface area (Å²) in [6, 6.07) is 23.1. The minimum Gasteiger partial charge on any atom is -0.480 e. The second kappa shape index (κ2) is 11.0. The van der Waals surface area contributed by atoms with Gasteiger partial charge in [0.25, 0.3) is 0 Å². The number of carboxylic acids is 1. The molecule has 198 valence electrons. The topological polar surface area (TPSA) is 120 Å². The summed E-state index contributed by atoms with van der Waals surface area (Å²) >= 11 is 6.55. The molecule has 1 heterocycles. The number of nitrogens with one attached hydrogen (secondary N) is 1. The number of halogens is 1. The number of aliphatic carboxylic acids is 1. The first-order chi connectivity index (χ1) is 18.9. The molecular weight excluding hydrogens is 522 g/mol. The standard InChI is InChI=1S/C29H24ClN3O6/c1-38-28(36)25-22(26(30)33(32-25)17-9-3-2-4-10-17)15-24(27(34)35)31-29(37)39-16-23-20-13-7-5-11-18(20)19-12-6-8-14-21(19)23/h2-14,23-24H,15-16H2,1H3,(H,31,37)(H,34,35). The predicted octanol–water partition coefficient (Wildman–Crippen LogP) is 4.85. The van der Waals surface area contributed by atoms with Crippen LogP contribution in [0.25, 0.3) is 16.8 Å². The first-order valence-electron chi connectivity index (χ1n) is 12.1. The van der Waals surface area contributed by atoms with Gasteiger partial charge >= 0.3 is 18.0 Å². The number of alkyl carbamates (subject to hydrolysis) is 1. The van der Waals surface area contributed by atoms with E-state index in [0.717, 1.165) is 22.3 Å². The maximum absolute atomic E-state index is 12.8. The average molecular weight is 546 g/mol. The molecule has 0 radical (unpaired) electrons. The molecule has 4 aromatic rings. The Hall–Kier alpha value is -4.63. The van der Waals surface area contributed by atoms with Crippen LogP contribution in [-0.2, 0) is 20.7 Å². The molecule has 1 amide bonds. The molecule has 5 rings (SSSR count). The van der Waals surface area contributed by atoms with Crippen molar-refractivity contribution in [3.05, 3.63) is 106 Å². The van der Waals surface area contributed by atoms with Crippen LogP contribution in [0.5, 0.6) is 0 Å². The second-order valence-electron chi connectivity index (χ2n) is 8.92. The molecule has 0 bridgehead atoms. The molecule has 1 atom stereocenters. The summed E-state index contributed by atoms with van der Waals surface area (Å²) in [4.78, 5) is 37.3. The van der Waals surface area contributed by atoms with Crippen LogP contribution in [0.2, 0.25) is 5.15 Å². The molecule has 10 heteroatoms. The van der Waals surface area contributed by atoms with Crippen molar-refractivity contribution in [1.82, 2.24) is 15.1 Å². The Labute approximate surface area is 228 Å². The SMILES string of the molecule is COC(=O)c1nn(-c2ccccc2)c(Cl)c1CC(NC(=O)OCC1c2ccccc2-c2ccccc21)C(=O)O. The van der Waals surface area contributed by atoms with Gasteiger partial charge in [-0.1, -0.05) is 78.3 Å². The highest BCUT2D eigenvalue weighted by molar-refractivity contribution is 6.31. The van der Waals surface area contributed by atoms with Crippen molar-refractivity contribution in [3.63, 3.8) is 0 Å². The number of carbonyl (C=O) groups excluding carboxylic acids is 2. The number of carbonyl (C=O) groups is 3. The van der Waals surface area contributed by atoms with Crippen LogP contribution in [0.1, 0.15) is 33.1 Å². The van der Waals surface area contributed by atoms with E-state index < -0.39 is 24.1 Å². The van der Waals surface area contributed by atoms with Crippen molar-refractivity contribution in [2.45, 2.75) is 18.4 Å². The van der Waals surface area contributed by atoms with E-state index in [-0.39, 0.29) is 35.4 Å². The van der Waals surface area contributed by atoms with E-state index in [4.69, 9.17) is 21.1 Å². The van der Waals surface area contributed by atoms with E-state index >= 15 is 0 Å². The van der Waals surface area contributed by atoms with Gasteiger partial charge in [-0.2, -0.15) is 5.10 Å². The number of carboxylic acid groups (broad SMARTS) is 1. The molecule has 0 aliphatic heterocycles. The van der Waals surface area contributed by atoms with E-state index in [0.29, 0.717) is 5.69 Å². The summed E-state index contributed by atoms with van der Waals surface area (Å²) in [5.74, 6) is -2.30. The van der Waals surface area contributed by atoms with Crippen LogP contribution in [0.3, 0.4) is 0 Å². The summed E-state index contributed by atoms with van der Waals surface area (Å²) in [6.45, 7) is 0.0201. The minimum atomic E-state index is -1.45. The zero-order valence-electron chi connectivity index (χ0n) is 20.8. The third-order valence-corrected chi connectivity index (χ3v) is 7.03. The Bertz CT molecular complexity index is 1510. The third-order valence-electron chi connectivity index (χ3n) is 6.64. The molecule has 1 aromatic heterocycles. The highest BCUT2D eigenvalue weighted by Gasteiger charge is 2.32. The van der Waals surface area contributed by atoms with Gasteiger partial charge in [0.1, 0.15) is 17.8 Å². The summed E-state index contributed by atoms with van der Waals surface area (Å²) < 4.78 is 11.6. The van der Waals surface area contributed by atoms with Gasteiger partial charge in [-0.3, -0.25) is 0 Å².